The zero-order valence-corrected chi connectivity index (χ0v) is 20.5. The van der Waals surface area contributed by atoms with Crippen molar-refractivity contribution in [2.45, 2.75) is 58.5 Å². The van der Waals surface area contributed by atoms with Crippen LogP contribution in [0.3, 0.4) is 0 Å². The molecule has 7 nitrogen and oxygen atoms in total. The molecular weight excluding hydrogens is 453 g/mol. The number of esters is 2. The van der Waals surface area contributed by atoms with E-state index in [-0.39, 0.29) is 46.8 Å². The summed E-state index contributed by atoms with van der Waals surface area (Å²) in [5, 5.41) is 9.68. The number of allylic oxidation sites excluding steroid dienone is 1. The first kappa shape index (κ1) is 25.8. The van der Waals surface area contributed by atoms with Crippen molar-refractivity contribution in [1.29, 1.82) is 5.26 Å². The highest BCUT2D eigenvalue weighted by atomic mass is 19.1. The van der Waals surface area contributed by atoms with Crippen LogP contribution in [0, 0.1) is 17.1 Å². The van der Waals surface area contributed by atoms with Gasteiger partial charge in [0, 0.05) is 25.0 Å². The molecule has 1 heterocycles. The third-order valence-electron chi connectivity index (χ3n) is 5.57. The highest BCUT2D eigenvalue weighted by Gasteiger charge is 2.40. The summed E-state index contributed by atoms with van der Waals surface area (Å²) in [7, 11) is 0. The Kier molecular flexibility index (Phi) is 7.20. The van der Waals surface area contributed by atoms with Crippen molar-refractivity contribution in [3.05, 3.63) is 70.7 Å². The normalized spacial score (nSPS) is 15.1. The molecule has 0 radical (unpaired) electrons. The van der Waals surface area contributed by atoms with Gasteiger partial charge in [0.15, 0.2) is 0 Å². The molecule has 0 N–H and O–H groups in total. The molecule has 0 atom stereocenters. The Balaban J connectivity index is 1.77. The van der Waals surface area contributed by atoms with Crippen LogP contribution in [0.5, 0.6) is 11.5 Å². The van der Waals surface area contributed by atoms with E-state index in [2.05, 4.69) is 17.4 Å². The molecule has 8 heteroatoms. The molecule has 0 amide bonds. The number of ether oxygens (including phenoxy) is 4. The number of hydrogen-bond acceptors (Lipinski definition) is 7. The lowest BCUT2D eigenvalue weighted by atomic mass is 9.72. The number of carbonyl (C=O) groups is 2. The van der Waals surface area contributed by atoms with Gasteiger partial charge >= 0.3 is 11.9 Å². The first-order valence-corrected chi connectivity index (χ1v) is 11.0. The summed E-state index contributed by atoms with van der Waals surface area (Å²) in [4.78, 5) is 23.7. The van der Waals surface area contributed by atoms with Crippen LogP contribution in [0.2, 0.25) is 0 Å². The minimum absolute atomic E-state index is 0.00978. The van der Waals surface area contributed by atoms with Crippen LogP contribution in [0.4, 0.5) is 4.39 Å². The van der Waals surface area contributed by atoms with Gasteiger partial charge in [0.2, 0.25) is 6.79 Å². The zero-order chi connectivity index (χ0) is 26.0. The van der Waals surface area contributed by atoms with Gasteiger partial charge in [-0.1, -0.05) is 26.5 Å². The second kappa shape index (κ2) is 9.79. The van der Waals surface area contributed by atoms with E-state index in [9.17, 15) is 19.2 Å². The lowest BCUT2D eigenvalue weighted by molar-refractivity contribution is -0.150. The summed E-state index contributed by atoms with van der Waals surface area (Å²) >= 11 is 0. The van der Waals surface area contributed by atoms with Crippen molar-refractivity contribution in [2.24, 2.45) is 0 Å². The topological polar surface area (TPSA) is 94.9 Å². The molecule has 0 saturated carbocycles. The lowest BCUT2D eigenvalue weighted by Crippen LogP contribution is -2.41. The van der Waals surface area contributed by atoms with Crippen LogP contribution in [0.1, 0.15) is 68.1 Å². The van der Waals surface area contributed by atoms with E-state index in [4.69, 9.17) is 14.2 Å². The molecule has 0 unspecified atom stereocenters. The van der Waals surface area contributed by atoms with Crippen molar-refractivity contribution in [3.8, 4) is 17.6 Å². The largest absolute Gasteiger partial charge is 0.486 e. The molecule has 2 aromatic rings. The quantitative estimate of drug-likeness (QED) is 0.228. The molecule has 0 saturated heterocycles. The summed E-state index contributed by atoms with van der Waals surface area (Å²) in [6, 6.07) is 9.19. The molecule has 2 aromatic carbocycles. The number of benzene rings is 2. The number of carbonyl (C=O) groups excluding carboxylic acids is 2. The predicted molar refractivity (Wildman–Crippen MR) is 125 cm³/mol. The first-order chi connectivity index (χ1) is 16.3. The summed E-state index contributed by atoms with van der Waals surface area (Å²) in [5.41, 5.74) is 0.626. The zero-order valence-electron chi connectivity index (χ0n) is 20.5. The standard InChI is InChI=1S/C27H28FNO6/c1-16(32-15-33-17(2)30)9-18-7-8-21(12-23(18)28)34-25(31)19-10-20(13-29)24-22(11-19)26(3,4)14-27(5,6)35-24/h7-8,10-12H,1,9,14-15H2,2-6H3. The van der Waals surface area contributed by atoms with E-state index in [1.807, 2.05) is 27.7 Å². The molecule has 184 valence electrons. The lowest BCUT2D eigenvalue weighted by Gasteiger charge is -2.42. The highest BCUT2D eigenvalue weighted by molar-refractivity contribution is 5.92. The van der Waals surface area contributed by atoms with Gasteiger partial charge in [-0.05, 0) is 49.4 Å². The van der Waals surface area contributed by atoms with Crippen LogP contribution < -0.4 is 9.47 Å². The minimum atomic E-state index is -0.716. The Morgan fingerprint density at radius 1 is 1.17 bits per heavy atom. The average Bonchev–Trinajstić information content (AvgIpc) is 2.73. The van der Waals surface area contributed by atoms with Crippen molar-refractivity contribution in [1.82, 2.24) is 0 Å². The van der Waals surface area contributed by atoms with Gasteiger partial charge in [-0.2, -0.15) is 5.26 Å². The van der Waals surface area contributed by atoms with E-state index < -0.39 is 23.4 Å². The third kappa shape index (κ3) is 6.18. The smallest absolute Gasteiger partial charge is 0.343 e. The van der Waals surface area contributed by atoms with E-state index in [0.29, 0.717) is 12.2 Å². The Hall–Kier alpha value is -3.86. The second-order valence-corrected chi connectivity index (χ2v) is 9.69. The van der Waals surface area contributed by atoms with Gasteiger partial charge < -0.3 is 18.9 Å². The molecule has 0 aliphatic carbocycles. The maximum atomic E-state index is 14.6. The van der Waals surface area contributed by atoms with E-state index in [0.717, 1.165) is 11.6 Å². The molecule has 0 spiro atoms. The van der Waals surface area contributed by atoms with Crippen LogP contribution in [0.25, 0.3) is 0 Å². The van der Waals surface area contributed by atoms with Crippen LogP contribution >= 0.6 is 0 Å². The number of rotatable bonds is 7. The van der Waals surface area contributed by atoms with Crippen molar-refractivity contribution in [2.75, 3.05) is 6.79 Å². The van der Waals surface area contributed by atoms with Crippen molar-refractivity contribution < 1.29 is 32.9 Å². The molecule has 1 aliphatic rings. The minimum Gasteiger partial charge on any atom is -0.486 e. The Labute approximate surface area is 204 Å². The summed E-state index contributed by atoms with van der Waals surface area (Å²) in [6.45, 7) is 12.6. The second-order valence-electron chi connectivity index (χ2n) is 9.69. The van der Waals surface area contributed by atoms with E-state index in [1.165, 1.54) is 25.1 Å². The van der Waals surface area contributed by atoms with Crippen LogP contribution in [-0.4, -0.2) is 24.3 Å². The average molecular weight is 482 g/mol. The SMILES string of the molecule is C=C(Cc1ccc(OC(=O)c2cc(C#N)c3c(c2)C(C)(C)CC(C)(C)O3)cc1F)OCOC(C)=O. The number of hydrogen-bond donors (Lipinski definition) is 0. The van der Waals surface area contributed by atoms with Crippen LogP contribution in [-0.2, 0) is 26.1 Å². The molecule has 0 aromatic heterocycles. The van der Waals surface area contributed by atoms with Crippen LogP contribution in [0.15, 0.2) is 42.7 Å². The Morgan fingerprint density at radius 3 is 2.51 bits per heavy atom. The van der Waals surface area contributed by atoms with Crippen molar-refractivity contribution in [3.63, 3.8) is 0 Å². The number of fused-ring (bicyclic) bond motifs is 1. The summed E-state index contributed by atoms with van der Waals surface area (Å²) in [5.74, 6) is -1.15. The van der Waals surface area contributed by atoms with Gasteiger partial charge in [0.05, 0.1) is 16.9 Å². The van der Waals surface area contributed by atoms with Gasteiger partial charge in [-0.15, -0.1) is 0 Å². The fourth-order valence-corrected chi connectivity index (χ4v) is 4.27. The van der Waals surface area contributed by atoms with Gasteiger partial charge in [-0.3, -0.25) is 4.79 Å². The third-order valence-corrected chi connectivity index (χ3v) is 5.57. The van der Waals surface area contributed by atoms with E-state index >= 15 is 0 Å². The van der Waals surface area contributed by atoms with Gasteiger partial charge in [-0.25, -0.2) is 9.18 Å². The molecular formula is C27H28FNO6. The molecule has 1 aliphatic heterocycles. The summed E-state index contributed by atoms with van der Waals surface area (Å²) in [6.07, 6.45) is 0.738. The maximum absolute atomic E-state index is 14.6. The number of nitriles is 1. The highest BCUT2D eigenvalue weighted by Crippen LogP contribution is 2.46. The predicted octanol–water partition coefficient (Wildman–Crippen LogP) is 5.35. The monoisotopic (exact) mass is 481 g/mol. The van der Waals surface area contributed by atoms with Gasteiger partial charge in [0.25, 0.3) is 0 Å². The van der Waals surface area contributed by atoms with Crippen molar-refractivity contribution >= 4 is 11.9 Å². The number of halogens is 1. The molecule has 35 heavy (non-hydrogen) atoms. The molecule has 0 fully saturated rings. The maximum Gasteiger partial charge on any atom is 0.343 e. The Bertz CT molecular complexity index is 1220. The number of nitrogens with zero attached hydrogens (tertiary/aromatic N) is 1. The fraction of sp³-hybridized carbons (Fsp3) is 0.370. The first-order valence-electron chi connectivity index (χ1n) is 11.0. The van der Waals surface area contributed by atoms with Gasteiger partial charge in [0.1, 0.15) is 29.0 Å². The fourth-order valence-electron chi connectivity index (χ4n) is 4.27. The van der Waals surface area contributed by atoms with E-state index in [1.54, 1.807) is 6.07 Å². The molecule has 3 rings (SSSR count). The summed E-state index contributed by atoms with van der Waals surface area (Å²) < 4.78 is 35.8. The molecule has 0 bridgehead atoms. The Morgan fingerprint density at radius 2 is 1.89 bits per heavy atom.